The van der Waals surface area contributed by atoms with Gasteiger partial charge in [-0.3, -0.25) is 4.57 Å². The van der Waals surface area contributed by atoms with Gasteiger partial charge in [0, 0.05) is 16.3 Å². The van der Waals surface area contributed by atoms with Gasteiger partial charge in [-0.15, -0.1) is 0 Å². The molecule has 0 saturated carbocycles. The molecule has 0 spiro atoms. The highest BCUT2D eigenvalue weighted by atomic mass is 15.1. The van der Waals surface area contributed by atoms with Crippen molar-refractivity contribution in [2.45, 2.75) is 0 Å². The molecule has 3 nitrogen and oxygen atoms in total. The van der Waals surface area contributed by atoms with Crippen LogP contribution in [0.2, 0.25) is 0 Å². The quantitative estimate of drug-likeness (QED) is 0.179. The number of rotatable bonds is 5. The maximum Gasteiger partial charge on any atom is 0.165 e. The van der Waals surface area contributed by atoms with E-state index in [2.05, 4.69) is 205 Å². The van der Waals surface area contributed by atoms with Gasteiger partial charge in [0.2, 0.25) is 0 Å². The van der Waals surface area contributed by atoms with E-state index in [1.54, 1.807) is 0 Å². The van der Waals surface area contributed by atoms with Crippen LogP contribution in [0.15, 0.2) is 200 Å². The molecule has 0 saturated heterocycles. The van der Waals surface area contributed by atoms with Crippen molar-refractivity contribution in [3.8, 4) is 50.5 Å². The van der Waals surface area contributed by atoms with Crippen molar-refractivity contribution < 1.29 is 0 Å². The molecular weight excluding hydrogens is 667 g/mol. The molecule has 9 aromatic carbocycles. The summed E-state index contributed by atoms with van der Waals surface area (Å²) in [5.74, 6) is 0.805. The Morgan fingerprint density at radius 3 is 1.45 bits per heavy atom. The molecule has 0 N–H and O–H groups in total. The van der Waals surface area contributed by atoms with E-state index in [0.29, 0.717) is 0 Å². The van der Waals surface area contributed by atoms with Crippen molar-refractivity contribution in [2.24, 2.45) is 0 Å². The maximum atomic E-state index is 5.61. The normalized spacial score (nSPS) is 11.6. The van der Waals surface area contributed by atoms with Gasteiger partial charge in [-0.2, -0.15) is 0 Å². The molecule has 0 radical (unpaired) electrons. The number of benzene rings is 9. The smallest absolute Gasteiger partial charge is 0.165 e. The Morgan fingerprint density at radius 2 is 0.800 bits per heavy atom. The number of hydrogen-bond donors (Lipinski definition) is 0. The Kier molecular flexibility index (Phi) is 7.17. The predicted molar refractivity (Wildman–Crippen MR) is 231 cm³/mol. The average molecular weight is 700 g/mol. The summed E-state index contributed by atoms with van der Waals surface area (Å²) in [5, 5.41) is 7.22. The first-order valence-electron chi connectivity index (χ1n) is 18.7. The van der Waals surface area contributed by atoms with Crippen LogP contribution in [0.25, 0.3) is 105 Å². The van der Waals surface area contributed by atoms with Gasteiger partial charge in [0.1, 0.15) is 5.69 Å². The third kappa shape index (κ3) is 5.28. The van der Waals surface area contributed by atoms with Crippen molar-refractivity contribution in [1.29, 1.82) is 0 Å². The van der Waals surface area contributed by atoms with Gasteiger partial charge >= 0.3 is 0 Å². The molecule has 0 aliphatic rings. The largest absolute Gasteiger partial charge is 0.292 e. The van der Waals surface area contributed by atoms with Gasteiger partial charge in [-0.1, -0.05) is 158 Å². The Hall–Kier alpha value is -7.36. The monoisotopic (exact) mass is 699 g/mol. The number of aromatic nitrogens is 3. The molecule has 2 aromatic heterocycles. The van der Waals surface area contributed by atoms with Crippen LogP contribution in [0.1, 0.15) is 0 Å². The minimum Gasteiger partial charge on any atom is -0.292 e. The molecule has 11 rings (SSSR count). The fourth-order valence-corrected chi connectivity index (χ4v) is 8.23. The molecule has 0 amide bonds. The standard InChI is InChI=1S/C52H33N3/c1-4-15-35(16-5-1)43-32-47-48(33-44(43)36-17-6-2-7-18-36)54-52(51(53-47)37-19-8-3-9-20-37)55-49-27-26-42(41-25-24-34-14-10-11-21-38(34)28-41)30-45(49)46-29-39-22-12-13-23-40(39)31-50(46)55/h1-33H. The summed E-state index contributed by atoms with van der Waals surface area (Å²) in [5.41, 5.74) is 12.7. The van der Waals surface area contributed by atoms with Gasteiger partial charge in [0.25, 0.3) is 0 Å². The number of nitrogens with zero attached hydrogens (tertiary/aromatic N) is 3. The summed E-state index contributed by atoms with van der Waals surface area (Å²) in [6.45, 7) is 0. The molecule has 0 aliphatic carbocycles. The summed E-state index contributed by atoms with van der Waals surface area (Å²) in [4.78, 5) is 11.1. The van der Waals surface area contributed by atoms with E-state index in [1.165, 1.54) is 43.4 Å². The summed E-state index contributed by atoms with van der Waals surface area (Å²) < 4.78 is 2.34. The molecule has 3 heteroatoms. The van der Waals surface area contributed by atoms with Crippen LogP contribution in [-0.2, 0) is 0 Å². The highest BCUT2D eigenvalue weighted by Crippen LogP contribution is 2.41. The zero-order valence-corrected chi connectivity index (χ0v) is 29.9. The van der Waals surface area contributed by atoms with Gasteiger partial charge in [0.15, 0.2) is 5.82 Å². The summed E-state index contributed by atoms with van der Waals surface area (Å²) in [6.07, 6.45) is 0. The van der Waals surface area contributed by atoms with Gasteiger partial charge < -0.3 is 0 Å². The molecule has 0 fully saturated rings. The summed E-state index contributed by atoms with van der Waals surface area (Å²) >= 11 is 0. The average Bonchev–Trinajstić information content (AvgIpc) is 3.57. The van der Waals surface area contributed by atoms with E-state index in [9.17, 15) is 0 Å². The van der Waals surface area contributed by atoms with E-state index in [0.717, 1.165) is 61.4 Å². The fourth-order valence-electron chi connectivity index (χ4n) is 8.23. The Balaban J connectivity index is 1.22. The van der Waals surface area contributed by atoms with Crippen LogP contribution < -0.4 is 0 Å². The van der Waals surface area contributed by atoms with Crippen molar-refractivity contribution in [2.75, 3.05) is 0 Å². The topological polar surface area (TPSA) is 30.7 Å². The Bertz CT molecular complexity index is 3240. The Morgan fingerprint density at radius 1 is 0.309 bits per heavy atom. The van der Waals surface area contributed by atoms with Crippen molar-refractivity contribution >= 4 is 54.4 Å². The third-order valence-electron chi connectivity index (χ3n) is 10.9. The predicted octanol–water partition coefficient (Wildman–Crippen LogP) is 13.7. The lowest BCUT2D eigenvalue weighted by Crippen LogP contribution is -2.04. The second-order valence-electron chi connectivity index (χ2n) is 14.2. The van der Waals surface area contributed by atoms with Crippen molar-refractivity contribution in [3.05, 3.63) is 200 Å². The first kappa shape index (κ1) is 31.2. The van der Waals surface area contributed by atoms with E-state index < -0.39 is 0 Å². The SMILES string of the molecule is c1ccc(-c2cc3nc(-c4ccccc4)c(-n4c5ccc(-c6ccc7ccccc7c6)cc5c5cc6ccccc6cc54)nc3cc2-c2ccccc2)cc1. The summed E-state index contributed by atoms with van der Waals surface area (Å²) in [6, 6.07) is 71.5. The number of hydrogen-bond acceptors (Lipinski definition) is 2. The van der Waals surface area contributed by atoms with Gasteiger partial charge in [-0.05, 0) is 97.4 Å². The molecule has 0 unspecified atom stereocenters. The minimum absolute atomic E-state index is 0.805. The molecular formula is C52H33N3. The molecule has 11 aromatic rings. The maximum absolute atomic E-state index is 5.61. The molecule has 0 bridgehead atoms. The molecule has 0 aliphatic heterocycles. The Labute approximate surface area is 318 Å². The zero-order chi connectivity index (χ0) is 36.3. The fraction of sp³-hybridized carbons (Fsp3) is 0. The molecule has 256 valence electrons. The minimum atomic E-state index is 0.805. The summed E-state index contributed by atoms with van der Waals surface area (Å²) in [7, 11) is 0. The second kappa shape index (κ2) is 12.6. The first-order chi connectivity index (χ1) is 27.2. The van der Waals surface area contributed by atoms with Crippen molar-refractivity contribution in [3.63, 3.8) is 0 Å². The van der Waals surface area contributed by atoms with E-state index in [1.807, 2.05) is 0 Å². The highest BCUT2D eigenvalue weighted by molar-refractivity contribution is 6.15. The number of fused-ring (bicyclic) bond motifs is 6. The van der Waals surface area contributed by atoms with Crippen LogP contribution in [-0.4, -0.2) is 14.5 Å². The van der Waals surface area contributed by atoms with Crippen LogP contribution in [0.3, 0.4) is 0 Å². The zero-order valence-electron chi connectivity index (χ0n) is 29.9. The van der Waals surface area contributed by atoms with E-state index in [4.69, 9.17) is 9.97 Å². The van der Waals surface area contributed by atoms with Crippen LogP contribution in [0.4, 0.5) is 0 Å². The molecule has 0 atom stereocenters. The highest BCUT2D eigenvalue weighted by Gasteiger charge is 2.22. The van der Waals surface area contributed by atoms with Gasteiger partial charge in [0.05, 0.1) is 22.1 Å². The van der Waals surface area contributed by atoms with Crippen molar-refractivity contribution in [1.82, 2.24) is 14.5 Å². The van der Waals surface area contributed by atoms with E-state index >= 15 is 0 Å². The molecule has 55 heavy (non-hydrogen) atoms. The third-order valence-corrected chi connectivity index (χ3v) is 10.9. The van der Waals surface area contributed by atoms with Gasteiger partial charge in [-0.25, -0.2) is 9.97 Å². The lowest BCUT2D eigenvalue weighted by molar-refractivity contribution is 1.08. The first-order valence-corrected chi connectivity index (χ1v) is 18.7. The lowest BCUT2D eigenvalue weighted by Gasteiger charge is -2.16. The van der Waals surface area contributed by atoms with Crippen LogP contribution >= 0.6 is 0 Å². The van der Waals surface area contributed by atoms with Crippen LogP contribution in [0.5, 0.6) is 0 Å². The lowest BCUT2D eigenvalue weighted by atomic mass is 9.93. The molecule has 2 heterocycles. The van der Waals surface area contributed by atoms with E-state index in [-0.39, 0.29) is 0 Å². The van der Waals surface area contributed by atoms with Crippen LogP contribution in [0, 0.1) is 0 Å². The second-order valence-corrected chi connectivity index (χ2v) is 14.2.